The summed E-state index contributed by atoms with van der Waals surface area (Å²) in [6.07, 6.45) is 6.72. The van der Waals surface area contributed by atoms with Gasteiger partial charge in [0.2, 0.25) is 5.82 Å². The lowest BCUT2D eigenvalue weighted by Crippen LogP contribution is -2.33. The Balaban J connectivity index is 1.95. The number of H-pyrrole nitrogens is 1. The molecule has 0 amide bonds. The minimum Gasteiger partial charge on any atom is -0.367 e. The summed E-state index contributed by atoms with van der Waals surface area (Å²) in [5, 5.41) is 19.6. The van der Waals surface area contributed by atoms with Crippen molar-refractivity contribution in [2.75, 3.05) is 6.61 Å². The maximum Gasteiger partial charge on any atom is 0.262 e. The quantitative estimate of drug-likeness (QED) is 0.927. The third kappa shape index (κ3) is 2.43. The molecule has 2 heterocycles. The highest BCUT2D eigenvalue weighted by Crippen LogP contribution is 2.39. The molecule has 2 aromatic heterocycles. The summed E-state index contributed by atoms with van der Waals surface area (Å²) in [7, 11) is 0. The molecule has 0 unspecified atom stereocenters. The average Bonchev–Trinajstić information content (AvgIpc) is 3.17. The number of rotatable bonds is 4. The maximum atomic E-state index is 9.02. The van der Waals surface area contributed by atoms with Crippen LogP contribution in [0.4, 0.5) is 0 Å². The van der Waals surface area contributed by atoms with Gasteiger partial charge < -0.3 is 9.26 Å². The topological polar surface area (TPSA) is 101 Å². The Morgan fingerprint density at radius 3 is 2.95 bits per heavy atom. The molecule has 7 heteroatoms. The van der Waals surface area contributed by atoms with Crippen LogP contribution in [0.25, 0.3) is 11.5 Å². The molecule has 110 valence electrons. The summed E-state index contributed by atoms with van der Waals surface area (Å²) < 4.78 is 11.3. The molecule has 2 aromatic rings. The molecule has 1 N–H and O–H groups in total. The Hall–Kier alpha value is -2.20. The Labute approximate surface area is 122 Å². The van der Waals surface area contributed by atoms with E-state index in [1.165, 1.54) is 12.6 Å². The first-order chi connectivity index (χ1) is 10.3. The number of nitrogens with one attached hydrogen (secondary N) is 1. The number of hydrogen-bond donors (Lipinski definition) is 1. The Kier molecular flexibility index (Phi) is 3.71. The van der Waals surface area contributed by atoms with E-state index in [0.717, 1.165) is 25.7 Å². The molecular weight excluding hydrogens is 270 g/mol. The Morgan fingerprint density at radius 1 is 1.43 bits per heavy atom. The standard InChI is InChI=1S/C14H17N5O2/c1-2-20-14(6-4-3-5-7-14)13-17-12(21-19-13)10-9-16-18-11(10)8-15/h9H,2-7H2,1H3,(H,16,18). The molecule has 3 rings (SSSR count). The molecule has 1 aliphatic rings. The van der Waals surface area contributed by atoms with Crippen LogP contribution in [-0.2, 0) is 10.3 Å². The fraction of sp³-hybridized carbons (Fsp3) is 0.571. The zero-order valence-corrected chi connectivity index (χ0v) is 11.9. The van der Waals surface area contributed by atoms with Gasteiger partial charge in [0.1, 0.15) is 17.4 Å². The van der Waals surface area contributed by atoms with Crippen molar-refractivity contribution in [1.29, 1.82) is 5.26 Å². The van der Waals surface area contributed by atoms with Crippen LogP contribution in [0, 0.1) is 11.3 Å². The number of ether oxygens (including phenoxy) is 1. The minimum absolute atomic E-state index is 0.306. The van der Waals surface area contributed by atoms with Crippen molar-refractivity contribution >= 4 is 0 Å². The van der Waals surface area contributed by atoms with Gasteiger partial charge in [0.15, 0.2) is 0 Å². The van der Waals surface area contributed by atoms with Crippen molar-refractivity contribution < 1.29 is 9.26 Å². The normalized spacial score (nSPS) is 17.5. The van der Waals surface area contributed by atoms with E-state index in [4.69, 9.17) is 14.5 Å². The van der Waals surface area contributed by atoms with Gasteiger partial charge in [-0.25, -0.2) is 0 Å². The van der Waals surface area contributed by atoms with Gasteiger partial charge >= 0.3 is 0 Å². The van der Waals surface area contributed by atoms with Crippen LogP contribution in [0.15, 0.2) is 10.7 Å². The highest BCUT2D eigenvalue weighted by molar-refractivity contribution is 5.59. The first-order valence-electron chi connectivity index (χ1n) is 7.21. The van der Waals surface area contributed by atoms with Gasteiger partial charge in [0.25, 0.3) is 5.89 Å². The van der Waals surface area contributed by atoms with E-state index < -0.39 is 5.60 Å². The molecule has 1 saturated carbocycles. The Morgan fingerprint density at radius 2 is 2.24 bits per heavy atom. The molecule has 0 radical (unpaired) electrons. The van der Waals surface area contributed by atoms with E-state index >= 15 is 0 Å². The lowest BCUT2D eigenvalue weighted by molar-refractivity contribution is -0.0777. The van der Waals surface area contributed by atoms with E-state index in [-0.39, 0.29) is 0 Å². The zero-order chi connectivity index (χ0) is 14.7. The zero-order valence-electron chi connectivity index (χ0n) is 11.9. The summed E-state index contributed by atoms with van der Waals surface area (Å²) in [5.74, 6) is 0.879. The second kappa shape index (κ2) is 5.66. The van der Waals surface area contributed by atoms with Crippen molar-refractivity contribution in [3.8, 4) is 17.5 Å². The minimum atomic E-state index is -0.453. The third-order valence-corrected chi connectivity index (χ3v) is 3.90. The van der Waals surface area contributed by atoms with Crippen LogP contribution < -0.4 is 0 Å². The van der Waals surface area contributed by atoms with E-state index in [1.54, 1.807) is 0 Å². The lowest BCUT2D eigenvalue weighted by atomic mass is 9.84. The number of aromatic nitrogens is 4. The fourth-order valence-corrected chi connectivity index (χ4v) is 2.88. The van der Waals surface area contributed by atoms with Crippen LogP contribution in [0.2, 0.25) is 0 Å². The molecule has 0 bridgehead atoms. The van der Waals surface area contributed by atoms with Gasteiger partial charge in [-0.1, -0.05) is 24.4 Å². The van der Waals surface area contributed by atoms with E-state index in [2.05, 4.69) is 20.3 Å². The van der Waals surface area contributed by atoms with Crippen LogP contribution in [0.3, 0.4) is 0 Å². The van der Waals surface area contributed by atoms with Crippen LogP contribution in [-0.4, -0.2) is 26.9 Å². The van der Waals surface area contributed by atoms with Gasteiger partial charge in [0.05, 0.1) is 11.8 Å². The molecule has 0 saturated heterocycles. The van der Waals surface area contributed by atoms with Gasteiger partial charge in [-0.2, -0.15) is 15.3 Å². The monoisotopic (exact) mass is 287 g/mol. The van der Waals surface area contributed by atoms with Crippen molar-refractivity contribution in [1.82, 2.24) is 20.3 Å². The van der Waals surface area contributed by atoms with Crippen LogP contribution >= 0.6 is 0 Å². The largest absolute Gasteiger partial charge is 0.367 e. The van der Waals surface area contributed by atoms with E-state index in [0.29, 0.717) is 29.6 Å². The van der Waals surface area contributed by atoms with Crippen molar-refractivity contribution in [2.45, 2.75) is 44.6 Å². The summed E-state index contributed by atoms with van der Waals surface area (Å²) in [6, 6.07) is 2.02. The lowest BCUT2D eigenvalue weighted by Gasteiger charge is -2.33. The molecule has 0 aromatic carbocycles. The predicted octanol–water partition coefficient (Wildman–Crippen LogP) is 2.53. The molecule has 7 nitrogen and oxygen atoms in total. The summed E-state index contributed by atoms with van der Waals surface area (Å²) >= 11 is 0. The summed E-state index contributed by atoms with van der Waals surface area (Å²) in [4.78, 5) is 4.46. The maximum absolute atomic E-state index is 9.02. The van der Waals surface area contributed by atoms with E-state index in [9.17, 15) is 0 Å². The van der Waals surface area contributed by atoms with Gasteiger partial charge in [-0.3, -0.25) is 5.10 Å². The number of aromatic amines is 1. The second-order valence-corrected chi connectivity index (χ2v) is 5.18. The molecule has 0 atom stereocenters. The third-order valence-electron chi connectivity index (χ3n) is 3.90. The Bertz CT molecular complexity index is 643. The number of nitriles is 1. The van der Waals surface area contributed by atoms with E-state index in [1.807, 2.05) is 13.0 Å². The van der Waals surface area contributed by atoms with Crippen molar-refractivity contribution in [2.24, 2.45) is 0 Å². The smallest absolute Gasteiger partial charge is 0.262 e. The van der Waals surface area contributed by atoms with Crippen molar-refractivity contribution in [3.63, 3.8) is 0 Å². The molecular formula is C14H17N5O2. The molecule has 21 heavy (non-hydrogen) atoms. The first-order valence-corrected chi connectivity index (χ1v) is 7.21. The predicted molar refractivity (Wildman–Crippen MR) is 73.0 cm³/mol. The summed E-state index contributed by atoms with van der Waals surface area (Å²) in [6.45, 7) is 2.58. The van der Waals surface area contributed by atoms with Crippen molar-refractivity contribution in [3.05, 3.63) is 17.7 Å². The number of nitrogens with zero attached hydrogens (tertiary/aromatic N) is 4. The summed E-state index contributed by atoms with van der Waals surface area (Å²) in [5.41, 5.74) is 0.392. The molecule has 1 fully saturated rings. The highest BCUT2D eigenvalue weighted by atomic mass is 16.5. The molecule has 0 spiro atoms. The van der Waals surface area contributed by atoms with Crippen LogP contribution in [0.5, 0.6) is 0 Å². The van der Waals surface area contributed by atoms with Gasteiger partial charge in [-0.05, 0) is 19.8 Å². The first kappa shape index (κ1) is 13.8. The molecule has 1 aliphatic carbocycles. The highest BCUT2D eigenvalue weighted by Gasteiger charge is 2.39. The average molecular weight is 287 g/mol. The van der Waals surface area contributed by atoms with Gasteiger partial charge in [0, 0.05) is 6.61 Å². The van der Waals surface area contributed by atoms with Crippen LogP contribution in [0.1, 0.15) is 50.5 Å². The number of hydrogen-bond acceptors (Lipinski definition) is 6. The SMILES string of the molecule is CCOC1(c2noc(-c3cn[nH]c3C#N)n2)CCCCC1. The molecule has 0 aliphatic heterocycles. The second-order valence-electron chi connectivity index (χ2n) is 5.18. The van der Waals surface area contributed by atoms with Gasteiger partial charge in [-0.15, -0.1) is 0 Å². The fourth-order valence-electron chi connectivity index (χ4n) is 2.88.